The van der Waals surface area contributed by atoms with Gasteiger partial charge in [0, 0.05) is 57.6 Å². The van der Waals surface area contributed by atoms with Gasteiger partial charge < -0.3 is 0 Å². The molecule has 4 heteroatoms. The van der Waals surface area contributed by atoms with E-state index in [1.807, 2.05) is 11.3 Å². The maximum Gasteiger partial charge on any atom is 0.162 e. The lowest BCUT2D eigenvalue weighted by Crippen LogP contribution is -2.28. The summed E-state index contributed by atoms with van der Waals surface area (Å²) in [6.07, 6.45) is 6.39. The van der Waals surface area contributed by atoms with Crippen LogP contribution >= 0.6 is 22.7 Å². The third kappa shape index (κ3) is 4.73. The molecule has 3 aliphatic rings. The highest BCUT2D eigenvalue weighted by Crippen LogP contribution is 2.60. The fourth-order valence-electron chi connectivity index (χ4n) is 11.3. The van der Waals surface area contributed by atoms with Crippen LogP contribution in [0.25, 0.3) is 96.5 Å². The Morgan fingerprint density at radius 3 is 2.05 bits per heavy atom. The van der Waals surface area contributed by atoms with Crippen LogP contribution in [0.3, 0.4) is 0 Å². The normalized spacial score (nSPS) is 15.9. The molecule has 282 valence electrons. The van der Waals surface area contributed by atoms with Crippen LogP contribution < -0.4 is 0 Å². The van der Waals surface area contributed by atoms with Gasteiger partial charge in [-0.05, 0) is 111 Å². The molecule has 0 bridgehead atoms. The number of nitrogens with zero attached hydrogens (tertiary/aromatic N) is 2. The fraction of sp³-hybridized carbons (Fsp3) is 0.164. The van der Waals surface area contributed by atoms with E-state index in [0.717, 1.165) is 32.9 Å². The largest absolute Gasteiger partial charge is 0.227 e. The predicted molar refractivity (Wildman–Crippen MR) is 251 cm³/mol. The summed E-state index contributed by atoms with van der Waals surface area (Å²) >= 11 is 3.61. The predicted octanol–water partition coefficient (Wildman–Crippen LogP) is 15.8. The van der Waals surface area contributed by atoms with Gasteiger partial charge in [0.15, 0.2) is 5.82 Å². The molecule has 0 radical (unpaired) electrons. The minimum atomic E-state index is -0.0251. The number of aromatic nitrogens is 2. The van der Waals surface area contributed by atoms with Crippen molar-refractivity contribution < 1.29 is 0 Å². The van der Waals surface area contributed by atoms with Crippen molar-refractivity contribution in [3.05, 3.63) is 168 Å². The Hall–Kier alpha value is -5.94. The van der Waals surface area contributed by atoms with Gasteiger partial charge in [0.2, 0.25) is 0 Å². The summed E-state index contributed by atoms with van der Waals surface area (Å²) in [5.41, 5.74) is 17.6. The highest BCUT2D eigenvalue weighted by Gasteiger charge is 2.46. The molecular formula is C55H40N2S2. The maximum atomic E-state index is 5.38. The Kier molecular flexibility index (Phi) is 7.08. The van der Waals surface area contributed by atoms with E-state index >= 15 is 0 Å². The number of benzene rings is 7. The van der Waals surface area contributed by atoms with E-state index in [-0.39, 0.29) is 10.8 Å². The smallest absolute Gasteiger partial charge is 0.162 e. The van der Waals surface area contributed by atoms with Crippen LogP contribution in [0.1, 0.15) is 68.2 Å². The fourth-order valence-corrected chi connectivity index (χ4v) is 13.5. The van der Waals surface area contributed by atoms with Gasteiger partial charge in [-0.1, -0.05) is 136 Å². The summed E-state index contributed by atoms with van der Waals surface area (Å²) < 4.78 is 3.76. The minimum Gasteiger partial charge on any atom is -0.227 e. The summed E-state index contributed by atoms with van der Waals surface area (Å²) in [6.45, 7) is 4.82. The Bertz CT molecular complexity index is 3400. The maximum absolute atomic E-state index is 5.38. The molecule has 13 rings (SSSR count). The van der Waals surface area contributed by atoms with Crippen molar-refractivity contribution in [3.8, 4) is 56.0 Å². The lowest BCUT2D eigenvalue weighted by Gasteiger charge is -2.36. The van der Waals surface area contributed by atoms with E-state index in [0.29, 0.717) is 0 Å². The molecule has 3 heterocycles. The van der Waals surface area contributed by atoms with Gasteiger partial charge in [0.1, 0.15) is 4.83 Å². The molecule has 3 aliphatic carbocycles. The van der Waals surface area contributed by atoms with E-state index < -0.39 is 0 Å². The number of rotatable bonds is 3. The average Bonchev–Trinajstić information content (AvgIpc) is 3.99. The van der Waals surface area contributed by atoms with E-state index in [2.05, 4.69) is 159 Å². The molecule has 3 aromatic heterocycles. The van der Waals surface area contributed by atoms with Crippen LogP contribution in [0.15, 0.2) is 146 Å². The summed E-state index contributed by atoms with van der Waals surface area (Å²) in [4.78, 5) is 11.7. The van der Waals surface area contributed by atoms with Crippen LogP contribution in [-0.2, 0) is 10.8 Å². The number of hydrogen-bond donors (Lipinski definition) is 0. The van der Waals surface area contributed by atoms with Crippen LogP contribution in [0.5, 0.6) is 0 Å². The first-order valence-electron chi connectivity index (χ1n) is 21.1. The molecule has 10 aromatic rings. The van der Waals surface area contributed by atoms with Crippen molar-refractivity contribution in [3.63, 3.8) is 0 Å². The van der Waals surface area contributed by atoms with Crippen molar-refractivity contribution in [1.82, 2.24) is 9.97 Å². The van der Waals surface area contributed by atoms with Gasteiger partial charge in [-0.25, -0.2) is 9.97 Å². The Morgan fingerprint density at radius 1 is 0.458 bits per heavy atom. The van der Waals surface area contributed by atoms with Crippen LogP contribution in [-0.4, -0.2) is 9.97 Å². The molecular weight excluding hydrogens is 753 g/mol. The molecule has 0 amide bonds. The topological polar surface area (TPSA) is 25.8 Å². The molecule has 2 nitrogen and oxygen atoms in total. The SMILES string of the molecule is CC1(C)c2ccccc2-c2cc3c(cc21)-c1cc(-c2ccc4sc5c(-c6nc(-c7ccccc7)c7c(n6)sc6ccccc67)cccc5c4c2)ccc1C31CCCCC1. The molecule has 1 fully saturated rings. The second-order valence-corrected chi connectivity index (χ2v) is 19.6. The molecule has 0 N–H and O–H groups in total. The van der Waals surface area contributed by atoms with Gasteiger partial charge in [-0.15, -0.1) is 22.7 Å². The third-order valence-corrected chi connectivity index (χ3v) is 16.4. The molecule has 1 spiro atoms. The van der Waals surface area contributed by atoms with Gasteiger partial charge >= 0.3 is 0 Å². The van der Waals surface area contributed by atoms with Crippen molar-refractivity contribution >= 4 is 63.1 Å². The van der Waals surface area contributed by atoms with Gasteiger partial charge in [-0.2, -0.15) is 0 Å². The average molecular weight is 793 g/mol. The molecule has 0 aliphatic heterocycles. The first-order chi connectivity index (χ1) is 29.0. The van der Waals surface area contributed by atoms with E-state index in [4.69, 9.17) is 9.97 Å². The first-order valence-corrected chi connectivity index (χ1v) is 22.7. The van der Waals surface area contributed by atoms with Crippen LogP contribution in [0.2, 0.25) is 0 Å². The number of fused-ring (bicyclic) bond motifs is 14. The zero-order chi connectivity index (χ0) is 39.0. The van der Waals surface area contributed by atoms with Gasteiger partial charge in [0.05, 0.1) is 5.69 Å². The summed E-state index contributed by atoms with van der Waals surface area (Å²) in [5, 5.41) is 4.90. The lowest BCUT2D eigenvalue weighted by molar-refractivity contribution is 0.353. The molecule has 0 atom stereocenters. The van der Waals surface area contributed by atoms with Crippen LogP contribution in [0, 0.1) is 0 Å². The number of thiophene rings is 2. The molecule has 0 saturated heterocycles. The van der Waals surface area contributed by atoms with E-state index in [9.17, 15) is 0 Å². The molecule has 0 unspecified atom stereocenters. The van der Waals surface area contributed by atoms with Gasteiger partial charge in [-0.3, -0.25) is 0 Å². The minimum absolute atomic E-state index is 0.0251. The zero-order valence-electron chi connectivity index (χ0n) is 33.1. The summed E-state index contributed by atoms with van der Waals surface area (Å²) in [5.74, 6) is 0.784. The van der Waals surface area contributed by atoms with E-state index in [1.54, 1.807) is 22.5 Å². The highest BCUT2D eigenvalue weighted by molar-refractivity contribution is 7.26. The van der Waals surface area contributed by atoms with Crippen LogP contribution in [0.4, 0.5) is 0 Å². The Balaban J connectivity index is 0.958. The second-order valence-electron chi connectivity index (χ2n) is 17.6. The highest BCUT2D eigenvalue weighted by atomic mass is 32.1. The molecule has 59 heavy (non-hydrogen) atoms. The van der Waals surface area contributed by atoms with Crippen molar-refractivity contribution in [1.29, 1.82) is 0 Å². The number of hydrogen-bond acceptors (Lipinski definition) is 4. The van der Waals surface area contributed by atoms with Crippen molar-refractivity contribution in [2.75, 3.05) is 0 Å². The molecule has 7 aromatic carbocycles. The summed E-state index contributed by atoms with van der Waals surface area (Å²) in [7, 11) is 0. The quantitative estimate of drug-likeness (QED) is 0.178. The Morgan fingerprint density at radius 2 is 1.15 bits per heavy atom. The monoisotopic (exact) mass is 792 g/mol. The van der Waals surface area contributed by atoms with Crippen molar-refractivity contribution in [2.45, 2.75) is 56.8 Å². The zero-order valence-corrected chi connectivity index (χ0v) is 34.7. The van der Waals surface area contributed by atoms with E-state index in [1.165, 1.54) is 107 Å². The lowest BCUT2D eigenvalue weighted by atomic mass is 9.67. The standard InChI is InChI=1S/C55H40N2S2/c1-54(2)43-20-9-7-16-35(43)40-31-46-41(30-45(40)54)39-28-33(22-24-44(39)55(46)26-11-4-12-27-55)34-23-25-48-42(29-34)36-18-13-19-38(51(36)58-48)52-56-50(32-14-5-3-6-15-32)49-37-17-8-10-21-47(37)59-53(49)57-52/h3,5-10,13-25,28-31H,4,11-12,26-27H2,1-2H3. The Labute approximate surface area is 351 Å². The van der Waals surface area contributed by atoms with Gasteiger partial charge in [0.25, 0.3) is 0 Å². The summed E-state index contributed by atoms with van der Waals surface area (Å²) in [6, 6.07) is 54.7. The first kappa shape index (κ1) is 34.0. The second kappa shape index (κ2) is 12.3. The third-order valence-electron chi connectivity index (χ3n) is 14.1. The van der Waals surface area contributed by atoms with Crippen molar-refractivity contribution in [2.24, 2.45) is 0 Å². The molecule has 1 saturated carbocycles.